The van der Waals surface area contributed by atoms with Crippen molar-refractivity contribution in [3.63, 3.8) is 0 Å². The van der Waals surface area contributed by atoms with Crippen molar-refractivity contribution in [3.8, 4) is 0 Å². The molecule has 0 saturated heterocycles. The molecule has 1 aliphatic rings. The monoisotopic (exact) mass is 429 g/mol. The third-order valence-electron chi connectivity index (χ3n) is 3.32. The fourth-order valence-corrected chi connectivity index (χ4v) is 3.96. The highest BCUT2D eigenvalue weighted by molar-refractivity contribution is 9.11. The van der Waals surface area contributed by atoms with Gasteiger partial charge in [-0.1, -0.05) is 15.9 Å². The van der Waals surface area contributed by atoms with Crippen molar-refractivity contribution in [3.05, 3.63) is 49.0 Å². The molecule has 21 heavy (non-hydrogen) atoms. The Kier molecular flexibility index (Phi) is 3.77. The number of fused-ring (bicyclic) bond motifs is 1. The van der Waals surface area contributed by atoms with Gasteiger partial charge in [0.25, 0.3) is 5.91 Å². The second-order valence-electron chi connectivity index (χ2n) is 4.71. The van der Waals surface area contributed by atoms with Crippen LogP contribution in [0.15, 0.2) is 38.6 Å². The molecule has 1 aliphatic heterocycles. The minimum absolute atomic E-state index is 0.267. The number of anilines is 1. The molecule has 2 heterocycles. The molecule has 7 heteroatoms. The van der Waals surface area contributed by atoms with E-state index in [1.54, 1.807) is 30.3 Å². The van der Waals surface area contributed by atoms with Crippen molar-refractivity contribution in [2.75, 3.05) is 5.32 Å². The van der Waals surface area contributed by atoms with Crippen LogP contribution in [0.3, 0.4) is 0 Å². The lowest BCUT2D eigenvalue weighted by Crippen LogP contribution is -2.36. The van der Waals surface area contributed by atoms with Gasteiger partial charge in [0.1, 0.15) is 0 Å². The zero-order chi connectivity index (χ0) is 15.2. The molecule has 1 atom stereocenters. The van der Waals surface area contributed by atoms with Gasteiger partial charge in [-0.2, -0.15) is 0 Å². The summed E-state index contributed by atoms with van der Waals surface area (Å²) in [5, 5.41) is 13.3. The summed E-state index contributed by atoms with van der Waals surface area (Å²) in [5.74, 6) is -0.837. The Morgan fingerprint density at radius 2 is 2.05 bits per heavy atom. The number of carbonyl (C=O) groups is 2. The largest absolute Gasteiger partial charge is 0.375 e. The predicted molar refractivity (Wildman–Crippen MR) is 87.6 cm³/mol. The van der Waals surface area contributed by atoms with Gasteiger partial charge in [-0.05, 0) is 46.3 Å². The number of halogens is 2. The predicted octanol–water partition coefficient (Wildman–Crippen LogP) is 3.69. The van der Waals surface area contributed by atoms with Gasteiger partial charge in [0.2, 0.25) is 0 Å². The van der Waals surface area contributed by atoms with Gasteiger partial charge in [-0.15, -0.1) is 11.3 Å². The van der Waals surface area contributed by atoms with E-state index in [1.807, 2.05) is 0 Å². The van der Waals surface area contributed by atoms with Crippen LogP contribution in [0.1, 0.15) is 21.7 Å². The number of benzene rings is 1. The number of ketones is 1. The molecule has 1 amide bonds. The Hall–Kier alpha value is -1.02. The maximum absolute atomic E-state index is 12.3. The number of aliphatic hydroxyl groups is 1. The van der Waals surface area contributed by atoms with Gasteiger partial charge in [-0.25, -0.2) is 0 Å². The number of thiophene rings is 1. The Morgan fingerprint density at radius 1 is 1.29 bits per heavy atom. The fraction of sp³-hybridized carbons (Fsp3) is 0.143. The summed E-state index contributed by atoms with van der Waals surface area (Å²) in [6.07, 6.45) is -0.283. The second kappa shape index (κ2) is 5.31. The fourth-order valence-electron chi connectivity index (χ4n) is 2.27. The zero-order valence-corrected chi connectivity index (χ0v) is 14.5. The molecule has 4 nitrogen and oxygen atoms in total. The zero-order valence-electron chi connectivity index (χ0n) is 10.5. The van der Waals surface area contributed by atoms with Crippen molar-refractivity contribution >= 4 is 60.6 Å². The van der Waals surface area contributed by atoms with Crippen molar-refractivity contribution in [2.24, 2.45) is 0 Å². The van der Waals surface area contributed by atoms with Crippen LogP contribution in [-0.4, -0.2) is 16.8 Å². The summed E-state index contributed by atoms with van der Waals surface area (Å²) < 4.78 is 1.57. The average Bonchev–Trinajstić information content (AvgIpc) is 2.95. The second-order valence-corrected chi connectivity index (χ2v) is 8.09. The van der Waals surface area contributed by atoms with Gasteiger partial charge in [0.15, 0.2) is 11.4 Å². The number of rotatable bonds is 3. The van der Waals surface area contributed by atoms with E-state index in [4.69, 9.17) is 0 Å². The molecule has 0 unspecified atom stereocenters. The molecule has 108 valence electrons. The molecule has 2 N–H and O–H groups in total. The molecule has 0 bridgehead atoms. The molecular formula is C14H9Br2NO3S. The van der Waals surface area contributed by atoms with Crippen molar-refractivity contribution < 1.29 is 14.7 Å². The quantitative estimate of drug-likeness (QED) is 0.729. The first-order valence-electron chi connectivity index (χ1n) is 6.02. The van der Waals surface area contributed by atoms with Crippen LogP contribution in [0, 0.1) is 0 Å². The van der Waals surface area contributed by atoms with E-state index in [0.29, 0.717) is 16.1 Å². The van der Waals surface area contributed by atoms with Gasteiger partial charge in [0, 0.05) is 15.7 Å². The maximum Gasteiger partial charge on any atom is 0.261 e. The van der Waals surface area contributed by atoms with Crippen LogP contribution in [0.4, 0.5) is 5.69 Å². The highest BCUT2D eigenvalue weighted by atomic mass is 79.9. The lowest BCUT2D eigenvalue weighted by atomic mass is 9.89. The molecule has 3 rings (SSSR count). The Morgan fingerprint density at radius 3 is 2.71 bits per heavy atom. The van der Waals surface area contributed by atoms with Gasteiger partial charge in [0.05, 0.1) is 15.1 Å². The van der Waals surface area contributed by atoms with E-state index >= 15 is 0 Å². The third-order valence-corrected chi connectivity index (χ3v) is 5.47. The number of amides is 1. The summed E-state index contributed by atoms with van der Waals surface area (Å²) in [7, 11) is 0. The van der Waals surface area contributed by atoms with E-state index < -0.39 is 11.5 Å². The Bertz CT molecular complexity index is 758. The van der Waals surface area contributed by atoms with Crippen molar-refractivity contribution in [1.82, 2.24) is 0 Å². The van der Waals surface area contributed by atoms with Crippen LogP contribution in [0.25, 0.3) is 0 Å². The summed E-state index contributed by atoms with van der Waals surface area (Å²) in [6.45, 7) is 0. The highest BCUT2D eigenvalue weighted by Crippen LogP contribution is 2.40. The Balaban J connectivity index is 1.96. The molecule has 0 spiro atoms. The standard InChI is InChI=1S/C14H9Br2NO3S/c15-7-1-2-9-8(5-7)14(20,13(19)17-9)6-10(18)11-3-4-12(16)21-11/h1-5,20H,6H2,(H,17,19)/t14-/m1/s1. The number of carbonyl (C=O) groups excluding carboxylic acids is 2. The molecule has 1 aromatic carbocycles. The van der Waals surface area contributed by atoms with Gasteiger partial charge >= 0.3 is 0 Å². The third kappa shape index (κ3) is 2.59. The van der Waals surface area contributed by atoms with E-state index in [2.05, 4.69) is 37.2 Å². The SMILES string of the molecule is O=C(C[C@]1(O)C(=O)Nc2ccc(Br)cc21)c1ccc(Br)s1. The first kappa shape index (κ1) is 14.9. The van der Waals surface area contributed by atoms with Crippen LogP contribution in [0.2, 0.25) is 0 Å². The Labute approximate surface area is 141 Å². The van der Waals surface area contributed by atoms with Crippen LogP contribution >= 0.6 is 43.2 Å². The van der Waals surface area contributed by atoms with Gasteiger partial charge in [-0.3, -0.25) is 9.59 Å². The summed E-state index contributed by atoms with van der Waals surface area (Å²) in [4.78, 5) is 24.9. The highest BCUT2D eigenvalue weighted by Gasteiger charge is 2.47. The lowest BCUT2D eigenvalue weighted by Gasteiger charge is -2.19. The first-order valence-corrected chi connectivity index (χ1v) is 8.43. The maximum atomic E-state index is 12.3. The minimum Gasteiger partial charge on any atom is -0.375 e. The smallest absolute Gasteiger partial charge is 0.261 e. The van der Waals surface area contributed by atoms with Gasteiger partial charge < -0.3 is 10.4 Å². The average molecular weight is 431 g/mol. The molecule has 1 aromatic heterocycles. The van der Waals surface area contributed by atoms with E-state index in [-0.39, 0.29) is 12.2 Å². The first-order chi connectivity index (χ1) is 9.90. The molecular weight excluding hydrogens is 422 g/mol. The summed E-state index contributed by atoms with van der Waals surface area (Å²) in [5.41, 5.74) is -0.871. The summed E-state index contributed by atoms with van der Waals surface area (Å²) >= 11 is 7.88. The van der Waals surface area contributed by atoms with Crippen LogP contribution in [-0.2, 0) is 10.4 Å². The number of nitrogens with one attached hydrogen (secondary N) is 1. The van der Waals surface area contributed by atoms with E-state index in [0.717, 1.165) is 8.26 Å². The van der Waals surface area contributed by atoms with E-state index in [1.165, 1.54) is 11.3 Å². The molecule has 0 saturated carbocycles. The minimum atomic E-state index is -1.83. The van der Waals surface area contributed by atoms with Crippen molar-refractivity contribution in [2.45, 2.75) is 12.0 Å². The number of hydrogen-bond acceptors (Lipinski definition) is 4. The number of hydrogen-bond donors (Lipinski definition) is 2. The molecule has 0 radical (unpaired) electrons. The number of Topliss-reactive ketones (excluding diaryl/α,β-unsaturated/α-hetero) is 1. The normalized spacial score (nSPS) is 20.2. The van der Waals surface area contributed by atoms with Crippen LogP contribution < -0.4 is 5.32 Å². The molecule has 0 fully saturated rings. The van der Waals surface area contributed by atoms with Crippen molar-refractivity contribution in [1.29, 1.82) is 0 Å². The van der Waals surface area contributed by atoms with E-state index in [9.17, 15) is 14.7 Å². The lowest BCUT2D eigenvalue weighted by molar-refractivity contribution is -0.133. The van der Waals surface area contributed by atoms with Crippen LogP contribution in [0.5, 0.6) is 0 Å². The molecule has 2 aromatic rings. The topological polar surface area (TPSA) is 66.4 Å². The molecule has 0 aliphatic carbocycles. The summed E-state index contributed by atoms with van der Waals surface area (Å²) in [6, 6.07) is 8.56.